The third-order valence-electron chi connectivity index (χ3n) is 1.20. The van der Waals surface area contributed by atoms with Crippen LogP contribution in [-0.2, 0) is 4.74 Å². The van der Waals surface area contributed by atoms with E-state index in [0.717, 1.165) is 0 Å². The summed E-state index contributed by atoms with van der Waals surface area (Å²) >= 11 is 0. The molecule has 0 aromatic carbocycles. The molecule has 0 saturated heterocycles. The minimum absolute atomic E-state index is 0.0862. The standard InChI is InChI=1S/C7H6N2O3/c1-12-7(11)6-3-2-5(4-10)8-9-6/h2-4H,1H3. The molecule has 0 radical (unpaired) electrons. The summed E-state index contributed by atoms with van der Waals surface area (Å²) in [6.07, 6.45) is 0.550. The molecule has 0 saturated carbocycles. The fourth-order valence-corrected chi connectivity index (χ4v) is 0.619. The maximum absolute atomic E-state index is 10.8. The van der Waals surface area contributed by atoms with Crippen LogP contribution in [0.5, 0.6) is 0 Å². The van der Waals surface area contributed by atoms with Gasteiger partial charge in [-0.05, 0) is 12.1 Å². The van der Waals surface area contributed by atoms with Crippen LogP contribution in [0.4, 0.5) is 0 Å². The molecule has 0 atom stereocenters. The van der Waals surface area contributed by atoms with Gasteiger partial charge in [0.05, 0.1) is 7.11 Å². The summed E-state index contributed by atoms with van der Waals surface area (Å²) < 4.78 is 4.38. The van der Waals surface area contributed by atoms with E-state index in [-0.39, 0.29) is 11.4 Å². The van der Waals surface area contributed by atoms with E-state index >= 15 is 0 Å². The van der Waals surface area contributed by atoms with Crippen LogP contribution in [0.1, 0.15) is 21.0 Å². The Morgan fingerprint density at radius 3 is 2.67 bits per heavy atom. The summed E-state index contributed by atoms with van der Waals surface area (Å²) in [6.45, 7) is 0. The first-order valence-electron chi connectivity index (χ1n) is 3.15. The lowest BCUT2D eigenvalue weighted by Crippen LogP contribution is -2.06. The third-order valence-corrected chi connectivity index (χ3v) is 1.20. The molecule has 0 aliphatic carbocycles. The highest BCUT2D eigenvalue weighted by atomic mass is 16.5. The van der Waals surface area contributed by atoms with E-state index in [4.69, 9.17) is 0 Å². The Balaban J connectivity index is 2.91. The number of aromatic nitrogens is 2. The zero-order valence-electron chi connectivity index (χ0n) is 6.35. The molecule has 0 N–H and O–H groups in total. The Kier molecular flexibility index (Phi) is 2.47. The Morgan fingerprint density at radius 2 is 2.25 bits per heavy atom. The fourth-order valence-electron chi connectivity index (χ4n) is 0.619. The second kappa shape index (κ2) is 3.56. The van der Waals surface area contributed by atoms with E-state index in [0.29, 0.717) is 6.29 Å². The normalized spacial score (nSPS) is 9.08. The van der Waals surface area contributed by atoms with Crippen molar-refractivity contribution < 1.29 is 14.3 Å². The molecule has 1 aromatic heterocycles. The molecule has 0 bridgehead atoms. The predicted molar refractivity (Wildman–Crippen MR) is 38.8 cm³/mol. The lowest BCUT2D eigenvalue weighted by atomic mass is 10.3. The number of methoxy groups -OCH3 is 1. The van der Waals surface area contributed by atoms with Gasteiger partial charge in [0, 0.05) is 0 Å². The fraction of sp³-hybridized carbons (Fsp3) is 0.143. The molecule has 0 aliphatic heterocycles. The summed E-state index contributed by atoms with van der Waals surface area (Å²) in [6, 6.07) is 2.77. The van der Waals surface area contributed by atoms with Crippen LogP contribution in [-0.4, -0.2) is 29.6 Å². The van der Waals surface area contributed by atoms with E-state index in [9.17, 15) is 9.59 Å². The molecule has 62 valence electrons. The molecule has 5 nitrogen and oxygen atoms in total. The lowest BCUT2D eigenvalue weighted by molar-refractivity contribution is 0.0592. The number of hydrogen-bond donors (Lipinski definition) is 0. The Morgan fingerprint density at radius 1 is 1.50 bits per heavy atom. The number of rotatable bonds is 2. The van der Waals surface area contributed by atoms with Crippen LogP contribution < -0.4 is 0 Å². The number of aldehydes is 1. The van der Waals surface area contributed by atoms with Gasteiger partial charge < -0.3 is 4.74 Å². The van der Waals surface area contributed by atoms with Crippen molar-refractivity contribution in [1.82, 2.24) is 10.2 Å². The van der Waals surface area contributed by atoms with Gasteiger partial charge in [-0.3, -0.25) is 4.79 Å². The minimum atomic E-state index is -0.569. The Labute approximate surface area is 68.4 Å². The number of esters is 1. The maximum Gasteiger partial charge on any atom is 0.358 e. The van der Waals surface area contributed by atoms with E-state index in [1.54, 1.807) is 0 Å². The molecular formula is C7H6N2O3. The quantitative estimate of drug-likeness (QED) is 0.459. The molecule has 1 rings (SSSR count). The minimum Gasteiger partial charge on any atom is -0.464 e. The molecule has 1 heterocycles. The first-order chi connectivity index (χ1) is 5.77. The van der Waals surface area contributed by atoms with Gasteiger partial charge in [-0.15, -0.1) is 10.2 Å². The topological polar surface area (TPSA) is 69.2 Å². The van der Waals surface area contributed by atoms with Crippen LogP contribution in [0.3, 0.4) is 0 Å². The van der Waals surface area contributed by atoms with Crippen molar-refractivity contribution in [3.05, 3.63) is 23.5 Å². The first-order valence-corrected chi connectivity index (χ1v) is 3.15. The average molecular weight is 166 g/mol. The predicted octanol–water partition coefficient (Wildman–Crippen LogP) is 0.0757. The van der Waals surface area contributed by atoms with E-state index < -0.39 is 5.97 Å². The van der Waals surface area contributed by atoms with Crippen LogP contribution >= 0.6 is 0 Å². The van der Waals surface area contributed by atoms with E-state index in [2.05, 4.69) is 14.9 Å². The van der Waals surface area contributed by atoms with E-state index in [1.807, 2.05) is 0 Å². The summed E-state index contributed by atoms with van der Waals surface area (Å²) in [5.74, 6) is -0.569. The number of carbonyl (C=O) groups excluding carboxylic acids is 2. The SMILES string of the molecule is COC(=O)c1ccc(C=O)nn1. The van der Waals surface area contributed by atoms with Crippen LogP contribution in [0.25, 0.3) is 0 Å². The van der Waals surface area contributed by atoms with Crippen molar-refractivity contribution in [1.29, 1.82) is 0 Å². The molecule has 0 amide bonds. The highest BCUT2D eigenvalue weighted by Crippen LogP contribution is 1.95. The highest BCUT2D eigenvalue weighted by Gasteiger charge is 2.06. The monoisotopic (exact) mass is 166 g/mol. The van der Waals surface area contributed by atoms with Crippen molar-refractivity contribution >= 4 is 12.3 Å². The molecule has 0 fully saturated rings. The molecule has 5 heteroatoms. The van der Waals surface area contributed by atoms with Gasteiger partial charge in [-0.2, -0.15) is 0 Å². The van der Waals surface area contributed by atoms with Gasteiger partial charge >= 0.3 is 5.97 Å². The summed E-state index contributed by atoms with van der Waals surface area (Å²) in [5, 5.41) is 6.91. The molecular weight excluding hydrogens is 160 g/mol. The molecule has 12 heavy (non-hydrogen) atoms. The zero-order chi connectivity index (χ0) is 8.97. The zero-order valence-corrected chi connectivity index (χ0v) is 6.35. The molecule has 1 aromatic rings. The summed E-state index contributed by atoms with van der Waals surface area (Å²) in [7, 11) is 1.25. The Hall–Kier alpha value is -1.78. The summed E-state index contributed by atoms with van der Waals surface area (Å²) in [5.41, 5.74) is 0.269. The maximum atomic E-state index is 10.8. The van der Waals surface area contributed by atoms with Crippen molar-refractivity contribution in [3.8, 4) is 0 Å². The van der Waals surface area contributed by atoms with Crippen molar-refractivity contribution in [3.63, 3.8) is 0 Å². The van der Waals surface area contributed by atoms with Gasteiger partial charge in [0.25, 0.3) is 0 Å². The molecule has 0 unspecified atom stereocenters. The lowest BCUT2D eigenvalue weighted by Gasteiger charge is -1.95. The third kappa shape index (κ3) is 1.63. The van der Waals surface area contributed by atoms with Crippen molar-refractivity contribution in [2.45, 2.75) is 0 Å². The van der Waals surface area contributed by atoms with Gasteiger partial charge in [0.2, 0.25) is 0 Å². The second-order valence-electron chi connectivity index (χ2n) is 1.95. The average Bonchev–Trinajstić information content (AvgIpc) is 2.17. The number of ether oxygens (including phenoxy) is 1. The van der Waals surface area contributed by atoms with Gasteiger partial charge in [-0.1, -0.05) is 0 Å². The molecule has 0 spiro atoms. The first kappa shape index (κ1) is 8.32. The smallest absolute Gasteiger partial charge is 0.358 e. The largest absolute Gasteiger partial charge is 0.464 e. The van der Waals surface area contributed by atoms with Gasteiger partial charge in [0.15, 0.2) is 12.0 Å². The number of nitrogens with zero attached hydrogens (tertiary/aromatic N) is 2. The van der Waals surface area contributed by atoms with Gasteiger partial charge in [-0.25, -0.2) is 4.79 Å². The number of hydrogen-bond acceptors (Lipinski definition) is 5. The molecule has 0 aliphatic rings. The van der Waals surface area contributed by atoms with Crippen molar-refractivity contribution in [2.24, 2.45) is 0 Å². The van der Waals surface area contributed by atoms with Crippen molar-refractivity contribution in [2.75, 3.05) is 7.11 Å². The van der Waals surface area contributed by atoms with Gasteiger partial charge in [0.1, 0.15) is 5.69 Å². The summed E-state index contributed by atoms with van der Waals surface area (Å²) in [4.78, 5) is 20.9. The number of carbonyl (C=O) groups is 2. The van der Waals surface area contributed by atoms with Crippen LogP contribution in [0.15, 0.2) is 12.1 Å². The second-order valence-corrected chi connectivity index (χ2v) is 1.95. The van der Waals surface area contributed by atoms with Crippen LogP contribution in [0.2, 0.25) is 0 Å². The Bertz CT molecular complexity index is 294. The van der Waals surface area contributed by atoms with Crippen LogP contribution in [0, 0.1) is 0 Å². The van der Waals surface area contributed by atoms with E-state index in [1.165, 1.54) is 19.2 Å². The highest BCUT2D eigenvalue weighted by molar-refractivity contribution is 5.87.